The number of hydrogen-bond donors (Lipinski definition) is 1. The van der Waals surface area contributed by atoms with Crippen LogP contribution in [0.3, 0.4) is 0 Å². The summed E-state index contributed by atoms with van der Waals surface area (Å²) in [6.07, 6.45) is 10.1. The number of nitrogens with one attached hydrogen (secondary N) is 1. The van der Waals surface area contributed by atoms with Gasteiger partial charge in [-0.3, -0.25) is 4.79 Å². The monoisotopic (exact) mass is 559 g/mol. The Labute approximate surface area is 235 Å². The van der Waals surface area contributed by atoms with Gasteiger partial charge in [0.1, 0.15) is 24.1 Å². The molecule has 1 heterocycles. The van der Waals surface area contributed by atoms with Crippen LogP contribution in [0.1, 0.15) is 73.1 Å². The van der Waals surface area contributed by atoms with E-state index in [4.69, 9.17) is 32.7 Å². The third-order valence-corrected chi connectivity index (χ3v) is 5.90. The average molecular weight is 561 g/mol. The number of pyridine rings is 1. The van der Waals surface area contributed by atoms with Gasteiger partial charge in [-0.2, -0.15) is 0 Å². The molecule has 0 aliphatic rings. The maximum absolute atomic E-state index is 12.3. The highest BCUT2D eigenvalue weighted by atomic mass is 35.5. The summed E-state index contributed by atoms with van der Waals surface area (Å²) in [6, 6.07) is 15.2. The quantitative estimate of drug-likeness (QED) is 0.104. The summed E-state index contributed by atoms with van der Waals surface area (Å²) in [5.41, 5.74) is 0.970. The van der Waals surface area contributed by atoms with Crippen LogP contribution in [0, 0.1) is 0 Å². The van der Waals surface area contributed by atoms with Gasteiger partial charge in [0.2, 0.25) is 0 Å². The van der Waals surface area contributed by atoms with Crippen LogP contribution in [0.4, 0.5) is 0 Å². The van der Waals surface area contributed by atoms with Gasteiger partial charge in [-0.05, 0) is 61.4 Å². The zero-order valence-corrected chi connectivity index (χ0v) is 23.9. The van der Waals surface area contributed by atoms with Crippen LogP contribution in [0.5, 0.6) is 11.5 Å². The molecule has 204 valence electrons. The minimum atomic E-state index is -0.527. The number of nitrogens with zero attached hydrogens (tertiary/aromatic N) is 1. The molecule has 0 spiro atoms. The highest BCUT2D eigenvalue weighted by Crippen LogP contribution is 2.22. The fourth-order valence-corrected chi connectivity index (χ4v) is 4.12. The molecule has 0 aliphatic heterocycles. The number of aryl methyl sites for hydroxylation is 1. The first kappa shape index (κ1) is 31.1. The van der Waals surface area contributed by atoms with Gasteiger partial charge in [0.25, 0.3) is 5.91 Å². The molecule has 0 fully saturated rings. The molecule has 0 aliphatic carbocycles. The van der Waals surface area contributed by atoms with Gasteiger partial charge in [-0.1, -0.05) is 62.7 Å². The van der Waals surface area contributed by atoms with Crippen molar-refractivity contribution in [1.82, 2.24) is 5.32 Å². The Morgan fingerprint density at radius 3 is 2.08 bits per heavy atom. The third-order valence-electron chi connectivity index (χ3n) is 5.46. The number of carbonyl (C=O) groups is 2. The van der Waals surface area contributed by atoms with E-state index in [1.54, 1.807) is 30.3 Å². The topological polar surface area (TPSA) is 68.5 Å². The molecule has 0 saturated heterocycles. The van der Waals surface area contributed by atoms with Crippen molar-refractivity contribution in [3.63, 3.8) is 0 Å². The predicted octanol–water partition coefficient (Wildman–Crippen LogP) is 7.21. The lowest BCUT2D eigenvalue weighted by Gasteiger charge is -2.08. The van der Waals surface area contributed by atoms with Crippen molar-refractivity contribution in [1.29, 1.82) is 0 Å². The predicted molar refractivity (Wildman–Crippen MR) is 152 cm³/mol. The van der Waals surface area contributed by atoms with Gasteiger partial charge < -0.3 is 14.8 Å². The molecule has 38 heavy (non-hydrogen) atoms. The summed E-state index contributed by atoms with van der Waals surface area (Å²) in [7, 11) is 1.90. The van der Waals surface area contributed by atoms with Gasteiger partial charge in [0.15, 0.2) is 12.4 Å². The zero-order valence-electron chi connectivity index (χ0n) is 22.3. The van der Waals surface area contributed by atoms with E-state index in [2.05, 4.69) is 5.32 Å². The van der Waals surface area contributed by atoms with Crippen molar-refractivity contribution in [2.24, 2.45) is 7.05 Å². The van der Waals surface area contributed by atoms with Gasteiger partial charge in [0, 0.05) is 22.7 Å². The molecule has 0 radical (unpaired) electrons. The van der Waals surface area contributed by atoms with E-state index in [-0.39, 0.29) is 5.91 Å². The largest absolute Gasteiger partial charge is 0.494 e. The molecule has 2 aromatic carbocycles. The number of esters is 1. The Hall–Kier alpha value is -3.09. The fourth-order valence-electron chi connectivity index (χ4n) is 3.59. The number of hydrogen-bond acceptors (Lipinski definition) is 4. The average Bonchev–Trinajstić information content (AvgIpc) is 2.91. The fraction of sp³-hybridized carbons (Fsp3) is 0.367. The Morgan fingerprint density at radius 1 is 0.816 bits per heavy atom. The van der Waals surface area contributed by atoms with E-state index in [9.17, 15) is 9.59 Å². The number of benzene rings is 2. The Morgan fingerprint density at radius 2 is 1.42 bits per heavy atom. The summed E-state index contributed by atoms with van der Waals surface area (Å²) in [5, 5.41) is 3.72. The summed E-state index contributed by atoms with van der Waals surface area (Å²) >= 11 is 11.9. The maximum atomic E-state index is 12.3. The molecule has 3 aromatic rings. The first-order valence-electron chi connectivity index (χ1n) is 13.1. The highest BCUT2D eigenvalue weighted by molar-refractivity contribution is 6.35. The Balaban J connectivity index is 0.00000247. The molecule has 1 aromatic heterocycles. The molecule has 6 nitrogen and oxygen atoms in total. The molecule has 1 N–H and O–H groups in total. The van der Waals surface area contributed by atoms with Crippen molar-refractivity contribution in [3.8, 4) is 11.5 Å². The Bertz CT molecular complexity index is 1130. The minimum absolute atomic E-state index is 0.0273. The number of rotatable bonds is 13. The third kappa shape index (κ3) is 11.5. The van der Waals surface area contributed by atoms with Crippen LogP contribution in [0.25, 0.3) is 0 Å². The first-order valence-corrected chi connectivity index (χ1v) is 13.8. The van der Waals surface area contributed by atoms with Crippen LogP contribution in [-0.2, 0) is 7.05 Å². The highest BCUT2D eigenvalue weighted by Gasteiger charge is 2.11. The number of unbranched alkanes of at least 4 members (excludes halogenated alkanes) is 5. The number of aromatic nitrogens is 1. The maximum Gasteiger partial charge on any atom is 0.343 e. The number of halogens is 2. The van der Waals surface area contributed by atoms with Gasteiger partial charge in [0.05, 0.1) is 12.2 Å². The van der Waals surface area contributed by atoms with Crippen LogP contribution in [-0.4, -0.2) is 25.0 Å². The van der Waals surface area contributed by atoms with Gasteiger partial charge in [-0.15, -0.1) is 0 Å². The van der Waals surface area contributed by atoms with Crippen LogP contribution >= 0.6 is 23.2 Å². The second-order valence-electron chi connectivity index (χ2n) is 8.50. The van der Waals surface area contributed by atoms with Crippen LogP contribution in [0.2, 0.25) is 10.0 Å². The van der Waals surface area contributed by atoms with E-state index in [1.165, 1.54) is 12.1 Å². The van der Waals surface area contributed by atoms with E-state index in [0.29, 0.717) is 40.1 Å². The van der Waals surface area contributed by atoms with E-state index >= 15 is 0 Å². The number of carbonyl (C=O) groups excluding carboxylic acids is 2. The van der Waals surface area contributed by atoms with Crippen molar-refractivity contribution < 1.29 is 23.6 Å². The lowest BCUT2D eigenvalue weighted by Crippen LogP contribution is -2.31. The molecular weight excluding hydrogens is 523 g/mol. The second-order valence-corrected chi connectivity index (χ2v) is 9.38. The summed E-state index contributed by atoms with van der Waals surface area (Å²) in [6.45, 7) is 5.32. The SMILES string of the molecule is CC.C[n+]1cccc(C(=O)NCCCCCCCCOc2ccc(OC(=O)c3cc(Cl)cc(Cl)c3)cc2)c1. The smallest absolute Gasteiger partial charge is 0.343 e. The molecular formula is C30H37Cl2N2O4+. The van der Waals surface area contributed by atoms with Gasteiger partial charge >= 0.3 is 5.97 Å². The van der Waals surface area contributed by atoms with Crippen molar-refractivity contribution >= 4 is 35.1 Å². The normalized spacial score (nSPS) is 10.2. The number of ether oxygens (including phenoxy) is 2. The lowest BCUT2D eigenvalue weighted by atomic mass is 10.1. The second kappa shape index (κ2) is 17.4. The van der Waals surface area contributed by atoms with E-state index < -0.39 is 5.97 Å². The molecule has 0 bridgehead atoms. The molecule has 8 heteroatoms. The first-order chi connectivity index (χ1) is 18.4. The molecule has 0 unspecified atom stereocenters. The van der Waals surface area contributed by atoms with Crippen molar-refractivity contribution in [2.75, 3.05) is 13.2 Å². The summed E-state index contributed by atoms with van der Waals surface area (Å²) < 4.78 is 13.0. The van der Waals surface area contributed by atoms with Crippen LogP contribution < -0.4 is 19.4 Å². The van der Waals surface area contributed by atoms with E-state index in [1.807, 2.05) is 50.0 Å². The van der Waals surface area contributed by atoms with Crippen molar-refractivity contribution in [3.05, 3.63) is 88.2 Å². The number of amides is 1. The van der Waals surface area contributed by atoms with E-state index in [0.717, 1.165) is 44.3 Å². The van der Waals surface area contributed by atoms with Crippen LogP contribution in [0.15, 0.2) is 67.0 Å². The summed E-state index contributed by atoms with van der Waals surface area (Å²) in [4.78, 5) is 24.4. The summed E-state index contributed by atoms with van der Waals surface area (Å²) in [5.74, 6) is 0.585. The Kier molecular flexibility index (Phi) is 14.3. The molecule has 0 atom stereocenters. The lowest BCUT2D eigenvalue weighted by molar-refractivity contribution is -0.671. The molecule has 1 amide bonds. The minimum Gasteiger partial charge on any atom is -0.494 e. The van der Waals surface area contributed by atoms with Crippen molar-refractivity contribution in [2.45, 2.75) is 52.4 Å². The molecule has 3 rings (SSSR count). The molecule has 0 saturated carbocycles. The standard InChI is InChI=1S/C28H30Cl2N2O4.C2H6/c1-32-15-8-9-21(20-32)27(33)31-14-6-4-2-3-5-7-16-35-25-10-12-26(13-11-25)36-28(34)22-17-23(29)19-24(30)18-22;1-2/h8-13,15,17-20H,2-7,14,16H2,1H3;1-2H3/p+1. The zero-order chi connectivity index (χ0) is 27.8. The van der Waals surface area contributed by atoms with Gasteiger partial charge in [-0.25, -0.2) is 9.36 Å².